The van der Waals surface area contributed by atoms with Crippen molar-refractivity contribution in [2.75, 3.05) is 40.1 Å². The topological polar surface area (TPSA) is 80.3 Å². The van der Waals surface area contributed by atoms with E-state index in [-0.39, 0.29) is 30.8 Å². The molecule has 7 nitrogen and oxygen atoms in total. The van der Waals surface area contributed by atoms with E-state index < -0.39 is 6.10 Å². The first kappa shape index (κ1) is 50.8. The van der Waals surface area contributed by atoms with E-state index in [0.29, 0.717) is 25.4 Å². The summed E-state index contributed by atoms with van der Waals surface area (Å²) >= 11 is 0. The molecule has 0 fully saturated rings. The van der Waals surface area contributed by atoms with Gasteiger partial charge in [-0.05, 0) is 44.4 Å². The van der Waals surface area contributed by atoms with Crippen LogP contribution in [0.1, 0.15) is 221 Å². The van der Waals surface area contributed by atoms with Crippen molar-refractivity contribution in [3.8, 4) is 0 Å². The molecule has 0 aliphatic rings. The molecule has 0 aromatic carbocycles. The van der Waals surface area contributed by atoms with E-state index in [4.69, 9.17) is 23.7 Å². The van der Waals surface area contributed by atoms with Crippen molar-refractivity contribution >= 4 is 11.9 Å². The van der Waals surface area contributed by atoms with Crippen LogP contribution in [0.2, 0.25) is 0 Å². The molecule has 7 heteroatoms. The summed E-state index contributed by atoms with van der Waals surface area (Å²) in [5, 5.41) is 0. The van der Waals surface area contributed by atoms with Crippen LogP contribution < -0.4 is 0 Å². The Labute approximate surface area is 323 Å². The fourth-order valence-corrected chi connectivity index (χ4v) is 6.83. The Morgan fingerprint density at radius 3 is 1.44 bits per heavy atom. The van der Waals surface area contributed by atoms with E-state index in [1.807, 2.05) is 0 Å². The van der Waals surface area contributed by atoms with Gasteiger partial charge in [-0.25, -0.2) is 0 Å². The van der Waals surface area contributed by atoms with Gasteiger partial charge in [0, 0.05) is 39.8 Å². The monoisotopic (exact) mass is 741 g/mol. The van der Waals surface area contributed by atoms with Gasteiger partial charge in [-0.15, -0.1) is 0 Å². The van der Waals surface area contributed by atoms with E-state index in [2.05, 4.69) is 34.6 Å². The Morgan fingerprint density at radius 2 is 1.00 bits per heavy atom. The van der Waals surface area contributed by atoms with Crippen molar-refractivity contribution in [2.45, 2.75) is 233 Å². The van der Waals surface area contributed by atoms with Gasteiger partial charge in [0.25, 0.3) is 0 Å². The van der Waals surface area contributed by atoms with Gasteiger partial charge in [-0.1, -0.05) is 169 Å². The third-order valence-corrected chi connectivity index (χ3v) is 10.9. The van der Waals surface area contributed by atoms with Crippen molar-refractivity contribution in [3.05, 3.63) is 0 Å². The maximum Gasteiger partial charge on any atom is 0.306 e. The second kappa shape index (κ2) is 38.1. The fourth-order valence-electron chi connectivity index (χ4n) is 6.83. The van der Waals surface area contributed by atoms with Gasteiger partial charge in [-0.3, -0.25) is 9.59 Å². The minimum atomic E-state index is -0.613. The average Bonchev–Trinajstić information content (AvgIpc) is 3.15. The minimum absolute atomic E-state index is 0.0402. The molecule has 0 aromatic heterocycles. The average molecular weight is 741 g/mol. The maximum atomic E-state index is 12.9. The highest BCUT2D eigenvalue weighted by Crippen LogP contribution is 2.26. The van der Waals surface area contributed by atoms with E-state index in [9.17, 15) is 9.59 Å². The molecule has 2 unspecified atom stereocenters. The quantitative estimate of drug-likeness (QED) is 0.0456. The minimum Gasteiger partial charge on any atom is -0.462 e. The fraction of sp³-hybridized carbons (Fsp3) is 0.956. The summed E-state index contributed by atoms with van der Waals surface area (Å²) in [5.41, 5.74) is -0.381. The Morgan fingerprint density at radius 1 is 0.538 bits per heavy atom. The molecular formula is C45H88O7. The largest absolute Gasteiger partial charge is 0.462 e. The van der Waals surface area contributed by atoms with Crippen molar-refractivity contribution in [1.82, 2.24) is 0 Å². The summed E-state index contributed by atoms with van der Waals surface area (Å²) < 4.78 is 29.5. The number of hydrogen-bond acceptors (Lipinski definition) is 7. The molecule has 0 saturated heterocycles. The number of hydrogen-bond donors (Lipinski definition) is 0. The molecule has 310 valence electrons. The molecule has 0 aromatic rings. The Kier molecular flexibility index (Phi) is 37.2. The van der Waals surface area contributed by atoms with Gasteiger partial charge in [0.2, 0.25) is 0 Å². The Balaban J connectivity index is 4.79. The SMILES string of the molecule is CCCCCCCCCCCCCC(=O)OCC(COC(CC)(CC)CCOCC(CC)CCOC)OC(=O)CCCCCCCCCCCCC. The van der Waals surface area contributed by atoms with Gasteiger partial charge in [0.1, 0.15) is 6.61 Å². The lowest BCUT2D eigenvalue weighted by Crippen LogP contribution is -2.38. The number of esters is 2. The molecule has 0 bridgehead atoms. The number of ether oxygens (including phenoxy) is 5. The van der Waals surface area contributed by atoms with Crippen LogP contribution in [-0.2, 0) is 33.3 Å². The van der Waals surface area contributed by atoms with Crippen LogP contribution in [0.4, 0.5) is 0 Å². The molecule has 0 spiro atoms. The maximum absolute atomic E-state index is 12.9. The zero-order chi connectivity index (χ0) is 38.4. The zero-order valence-corrected chi connectivity index (χ0v) is 35.6. The summed E-state index contributed by atoms with van der Waals surface area (Å²) in [6.07, 6.45) is 31.9. The van der Waals surface area contributed by atoms with E-state index >= 15 is 0 Å². The van der Waals surface area contributed by atoms with Crippen LogP contribution in [0.15, 0.2) is 0 Å². The highest BCUT2D eigenvalue weighted by molar-refractivity contribution is 5.70. The second-order valence-electron chi connectivity index (χ2n) is 15.4. The highest BCUT2D eigenvalue weighted by atomic mass is 16.6. The van der Waals surface area contributed by atoms with E-state index in [1.165, 1.54) is 109 Å². The highest BCUT2D eigenvalue weighted by Gasteiger charge is 2.29. The predicted octanol–water partition coefficient (Wildman–Crippen LogP) is 12.9. The number of unbranched alkanes of at least 4 members (excludes halogenated alkanes) is 20. The van der Waals surface area contributed by atoms with E-state index in [0.717, 1.165) is 77.4 Å². The smallest absolute Gasteiger partial charge is 0.306 e. The molecule has 0 aliphatic heterocycles. The third kappa shape index (κ3) is 31.2. The molecule has 0 amide bonds. The lowest BCUT2D eigenvalue weighted by molar-refractivity contribution is -0.170. The molecule has 0 N–H and O–H groups in total. The molecule has 0 rings (SSSR count). The molecule has 0 saturated carbocycles. The first-order valence-electron chi connectivity index (χ1n) is 22.5. The Bertz CT molecular complexity index is 769. The molecule has 0 aliphatic carbocycles. The normalized spacial score (nSPS) is 13.0. The van der Waals surface area contributed by atoms with Gasteiger partial charge in [0.15, 0.2) is 6.10 Å². The van der Waals surface area contributed by atoms with Crippen molar-refractivity contribution in [1.29, 1.82) is 0 Å². The van der Waals surface area contributed by atoms with Crippen molar-refractivity contribution in [3.63, 3.8) is 0 Å². The van der Waals surface area contributed by atoms with Crippen LogP contribution in [-0.4, -0.2) is 63.8 Å². The van der Waals surface area contributed by atoms with Crippen molar-refractivity contribution in [2.24, 2.45) is 5.92 Å². The Hall–Kier alpha value is -1.18. The van der Waals surface area contributed by atoms with E-state index in [1.54, 1.807) is 7.11 Å². The summed E-state index contributed by atoms with van der Waals surface area (Å²) in [6, 6.07) is 0. The van der Waals surface area contributed by atoms with Crippen LogP contribution in [0, 0.1) is 5.92 Å². The van der Waals surface area contributed by atoms with Crippen LogP contribution in [0.5, 0.6) is 0 Å². The summed E-state index contributed by atoms with van der Waals surface area (Å²) in [5.74, 6) is 0.0453. The molecule has 0 heterocycles. The standard InChI is InChI=1S/C45H88O7/c1-7-12-14-16-18-20-22-24-26-28-30-32-43(46)50-39-42(52-44(47)33-31-29-27-25-23-21-19-17-15-13-8-2)40-51-45(10-4,11-5)35-37-49-38-41(9-3)34-36-48-6/h41-42H,7-40H2,1-6H3. The van der Waals surface area contributed by atoms with Crippen LogP contribution in [0.3, 0.4) is 0 Å². The lowest BCUT2D eigenvalue weighted by atomic mass is 9.93. The third-order valence-electron chi connectivity index (χ3n) is 10.9. The van der Waals surface area contributed by atoms with Gasteiger partial charge < -0.3 is 23.7 Å². The lowest BCUT2D eigenvalue weighted by Gasteiger charge is -2.33. The number of methoxy groups -OCH3 is 1. The summed E-state index contributed by atoms with van der Waals surface area (Å²) in [4.78, 5) is 25.6. The molecular weight excluding hydrogens is 652 g/mol. The van der Waals surface area contributed by atoms with Crippen LogP contribution >= 0.6 is 0 Å². The van der Waals surface area contributed by atoms with Gasteiger partial charge in [0.05, 0.1) is 12.2 Å². The molecule has 0 radical (unpaired) electrons. The van der Waals surface area contributed by atoms with Gasteiger partial charge in [-0.2, -0.15) is 0 Å². The number of rotatable bonds is 41. The van der Waals surface area contributed by atoms with Gasteiger partial charge >= 0.3 is 11.9 Å². The zero-order valence-electron chi connectivity index (χ0n) is 35.6. The second-order valence-corrected chi connectivity index (χ2v) is 15.4. The first-order chi connectivity index (χ1) is 25.4. The number of carbonyl (C=O) groups excluding carboxylic acids is 2. The summed E-state index contributed by atoms with van der Waals surface area (Å²) in [7, 11) is 1.74. The van der Waals surface area contributed by atoms with Crippen molar-refractivity contribution < 1.29 is 33.3 Å². The molecule has 52 heavy (non-hydrogen) atoms. The predicted molar refractivity (Wildman–Crippen MR) is 218 cm³/mol. The number of carbonyl (C=O) groups is 2. The summed E-state index contributed by atoms with van der Waals surface area (Å²) in [6.45, 7) is 13.3. The first-order valence-corrected chi connectivity index (χ1v) is 22.5. The molecule has 2 atom stereocenters. The van der Waals surface area contributed by atoms with Crippen LogP contribution in [0.25, 0.3) is 0 Å².